The van der Waals surface area contributed by atoms with Gasteiger partial charge in [0.2, 0.25) is 5.82 Å². The predicted octanol–water partition coefficient (Wildman–Crippen LogP) is 1.17. The van der Waals surface area contributed by atoms with Crippen LogP contribution in [-0.2, 0) is 11.2 Å². The maximum atomic E-state index is 13.1. The lowest BCUT2D eigenvalue weighted by atomic mass is 10.1. The zero-order chi connectivity index (χ0) is 10.7. The summed E-state index contributed by atoms with van der Waals surface area (Å²) < 4.78 is 17.8. The quantitative estimate of drug-likeness (QED) is 0.768. The van der Waals surface area contributed by atoms with E-state index in [9.17, 15) is 9.18 Å². The van der Waals surface area contributed by atoms with Gasteiger partial charge in [0, 0.05) is 5.56 Å². The lowest BCUT2D eigenvalue weighted by Gasteiger charge is -2.08. The standard InChI is InChI=1S/C9H9FO4/c1-14-9-5(4-7(12)13)2-3-6(11)8(9)10/h2-3,11H,4H2,1H3,(H,12,13). The maximum absolute atomic E-state index is 13.1. The van der Waals surface area contributed by atoms with Crippen molar-refractivity contribution in [3.05, 3.63) is 23.5 Å². The number of aliphatic carboxylic acids is 1. The Labute approximate surface area is 79.6 Å². The summed E-state index contributed by atoms with van der Waals surface area (Å²) in [6, 6.07) is 2.40. The predicted molar refractivity (Wildman–Crippen MR) is 46.0 cm³/mol. The van der Waals surface area contributed by atoms with Gasteiger partial charge in [-0.15, -0.1) is 0 Å². The zero-order valence-corrected chi connectivity index (χ0v) is 7.45. The van der Waals surface area contributed by atoms with Crippen LogP contribution in [0.3, 0.4) is 0 Å². The van der Waals surface area contributed by atoms with Crippen molar-refractivity contribution in [2.45, 2.75) is 6.42 Å². The maximum Gasteiger partial charge on any atom is 0.307 e. The van der Waals surface area contributed by atoms with Gasteiger partial charge < -0.3 is 14.9 Å². The van der Waals surface area contributed by atoms with E-state index >= 15 is 0 Å². The first-order chi connectivity index (χ1) is 6.56. The molecule has 0 aliphatic carbocycles. The fraction of sp³-hybridized carbons (Fsp3) is 0.222. The molecule has 0 bridgehead atoms. The number of hydrogen-bond acceptors (Lipinski definition) is 3. The molecule has 1 aromatic rings. The SMILES string of the molecule is COc1c(CC(=O)O)ccc(O)c1F. The molecule has 5 heteroatoms. The fourth-order valence-electron chi connectivity index (χ4n) is 1.11. The van der Waals surface area contributed by atoms with Gasteiger partial charge in [0.25, 0.3) is 0 Å². The van der Waals surface area contributed by atoms with Gasteiger partial charge in [-0.3, -0.25) is 4.79 Å². The van der Waals surface area contributed by atoms with Crippen LogP contribution in [0.15, 0.2) is 12.1 Å². The zero-order valence-electron chi connectivity index (χ0n) is 7.45. The number of carbonyl (C=O) groups is 1. The fourth-order valence-corrected chi connectivity index (χ4v) is 1.11. The van der Waals surface area contributed by atoms with Crippen LogP contribution in [0.1, 0.15) is 5.56 Å². The average molecular weight is 200 g/mol. The molecule has 0 aliphatic rings. The van der Waals surface area contributed by atoms with Crippen molar-refractivity contribution < 1.29 is 24.1 Å². The summed E-state index contributed by atoms with van der Waals surface area (Å²) in [7, 11) is 1.21. The first-order valence-corrected chi connectivity index (χ1v) is 3.82. The van der Waals surface area contributed by atoms with Crippen LogP contribution in [0.5, 0.6) is 11.5 Å². The number of aromatic hydroxyl groups is 1. The third-order valence-corrected chi connectivity index (χ3v) is 1.70. The molecule has 2 N–H and O–H groups in total. The molecule has 76 valence electrons. The van der Waals surface area contributed by atoms with Crippen LogP contribution in [0.25, 0.3) is 0 Å². The van der Waals surface area contributed by atoms with Crippen molar-refractivity contribution in [2.75, 3.05) is 7.11 Å². The Kier molecular flexibility index (Phi) is 2.91. The molecule has 0 aliphatic heterocycles. The number of carboxylic acids is 1. The number of phenolic OH excluding ortho intramolecular Hbond substituents is 1. The minimum Gasteiger partial charge on any atom is -0.505 e. The number of carboxylic acid groups (broad SMARTS) is 1. The number of ether oxygens (including phenoxy) is 1. The van der Waals surface area contributed by atoms with E-state index in [1.54, 1.807) is 0 Å². The lowest BCUT2D eigenvalue weighted by Crippen LogP contribution is -2.03. The smallest absolute Gasteiger partial charge is 0.307 e. The topological polar surface area (TPSA) is 66.8 Å². The van der Waals surface area contributed by atoms with Gasteiger partial charge in [0.15, 0.2) is 11.5 Å². The van der Waals surface area contributed by atoms with Crippen molar-refractivity contribution in [3.63, 3.8) is 0 Å². The first kappa shape index (κ1) is 10.3. The summed E-state index contributed by atoms with van der Waals surface area (Å²) in [5, 5.41) is 17.5. The van der Waals surface area contributed by atoms with Gasteiger partial charge in [-0.25, -0.2) is 0 Å². The molecule has 0 fully saturated rings. The number of rotatable bonds is 3. The minimum absolute atomic E-state index is 0.190. The van der Waals surface area contributed by atoms with E-state index in [2.05, 4.69) is 4.74 Å². The van der Waals surface area contributed by atoms with Crippen LogP contribution < -0.4 is 4.74 Å². The molecular formula is C9H9FO4. The molecule has 0 radical (unpaired) electrons. The summed E-state index contributed by atoms with van der Waals surface area (Å²) in [5.74, 6) is -2.82. The first-order valence-electron chi connectivity index (χ1n) is 3.82. The second kappa shape index (κ2) is 3.95. The molecule has 1 rings (SSSR count). The molecule has 0 saturated carbocycles. The van der Waals surface area contributed by atoms with E-state index in [1.807, 2.05) is 0 Å². The third kappa shape index (κ3) is 1.93. The van der Waals surface area contributed by atoms with Crippen LogP contribution in [0, 0.1) is 5.82 Å². The Morgan fingerprint density at radius 1 is 1.57 bits per heavy atom. The van der Waals surface area contributed by atoms with E-state index in [4.69, 9.17) is 10.2 Å². The molecule has 0 spiro atoms. The van der Waals surface area contributed by atoms with Crippen LogP contribution in [-0.4, -0.2) is 23.3 Å². The second-order valence-electron chi connectivity index (χ2n) is 2.66. The van der Waals surface area contributed by atoms with Crippen molar-refractivity contribution in [3.8, 4) is 11.5 Å². The highest BCUT2D eigenvalue weighted by Crippen LogP contribution is 2.29. The van der Waals surface area contributed by atoms with Crippen LogP contribution >= 0.6 is 0 Å². The highest BCUT2D eigenvalue weighted by atomic mass is 19.1. The summed E-state index contributed by atoms with van der Waals surface area (Å²) in [6.45, 7) is 0. The largest absolute Gasteiger partial charge is 0.505 e. The van der Waals surface area contributed by atoms with Gasteiger partial charge in [0.1, 0.15) is 0 Å². The minimum atomic E-state index is -1.09. The number of hydrogen-bond donors (Lipinski definition) is 2. The number of phenols is 1. The molecule has 0 unspecified atom stereocenters. The van der Waals surface area contributed by atoms with Crippen molar-refractivity contribution in [2.24, 2.45) is 0 Å². The van der Waals surface area contributed by atoms with E-state index < -0.39 is 17.5 Å². The molecule has 0 aromatic heterocycles. The van der Waals surface area contributed by atoms with Gasteiger partial charge in [-0.2, -0.15) is 4.39 Å². The Morgan fingerprint density at radius 3 is 2.71 bits per heavy atom. The molecule has 14 heavy (non-hydrogen) atoms. The Bertz CT molecular complexity index is 362. The normalized spacial score (nSPS) is 9.86. The monoisotopic (exact) mass is 200 g/mol. The Balaban J connectivity index is 3.17. The van der Waals surface area contributed by atoms with Crippen molar-refractivity contribution in [1.82, 2.24) is 0 Å². The number of halogens is 1. The van der Waals surface area contributed by atoms with Gasteiger partial charge in [-0.1, -0.05) is 6.07 Å². The van der Waals surface area contributed by atoms with Crippen LogP contribution in [0.2, 0.25) is 0 Å². The summed E-state index contributed by atoms with van der Waals surface area (Å²) in [4.78, 5) is 10.4. The molecule has 4 nitrogen and oxygen atoms in total. The molecule has 0 atom stereocenters. The van der Waals surface area contributed by atoms with Gasteiger partial charge in [-0.05, 0) is 6.07 Å². The molecular weight excluding hydrogens is 191 g/mol. The van der Waals surface area contributed by atoms with E-state index in [0.717, 1.165) is 6.07 Å². The Hall–Kier alpha value is -1.78. The summed E-state index contributed by atoms with van der Waals surface area (Å²) >= 11 is 0. The van der Waals surface area contributed by atoms with Crippen molar-refractivity contribution >= 4 is 5.97 Å². The van der Waals surface area contributed by atoms with E-state index in [1.165, 1.54) is 13.2 Å². The molecule has 0 saturated heterocycles. The highest BCUT2D eigenvalue weighted by Gasteiger charge is 2.15. The average Bonchev–Trinajstić information content (AvgIpc) is 2.11. The summed E-state index contributed by atoms with van der Waals surface area (Å²) in [6.07, 6.45) is -0.347. The third-order valence-electron chi connectivity index (χ3n) is 1.70. The summed E-state index contributed by atoms with van der Waals surface area (Å²) in [5.41, 5.74) is 0.190. The van der Waals surface area contributed by atoms with Gasteiger partial charge >= 0.3 is 5.97 Å². The van der Waals surface area contributed by atoms with E-state index in [0.29, 0.717) is 0 Å². The van der Waals surface area contributed by atoms with Crippen LogP contribution in [0.4, 0.5) is 4.39 Å². The van der Waals surface area contributed by atoms with E-state index in [-0.39, 0.29) is 17.7 Å². The number of methoxy groups -OCH3 is 1. The van der Waals surface area contributed by atoms with Gasteiger partial charge in [0.05, 0.1) is 13.5 Å². The molecule has 0 amide bonds. The van der Waals surface area contributed by atoms with Crippen molar-refractivity contribution in [1.29, 1.82) is 0 Å². The highest BCUT2D eigenvalue weighted by molar-refractivity contribution is 5.71. The lowest BCUT2D eigenvalue weighted by molar-refractivity contribution is -0.136. The number of benzene rings is 1. The molecule has 1 aromatic carbocycles. The Morgan fingerprint density at radius 2 is 2.21 bits per heavy atom. The molecule has 0 heterocycles. The second-order valence-corrected chi connectivity index (χ2v) is 2.66.